The fourth-order valence-electron chi connectivity index (χ4n) is 1.59. The first kappa shape index (κ1) is 14.4. The summed E-state index contributed by atoms with van der Waals surface area (Å²) in [6.07, 6.45) is 1.57. The third-order valence-electron chi connectivity index (χ3n) is 2.51. The van der Waals surface area contributed by atoms with E-state index in [1.807, 2.05) is 19.1 Å². The molecule has 0 aliphatic rings. The van der Waals surface area contributed by atoms with Crippen LogP contribution in [0, 0.1) is 6.92 Å². The average molecular weight is 306 g/mol. The van der Waals surface area contributed by atoms with Gasteiger partial charge in [-0.2, -0.15) is 0 Å². The molecule has 102 valence electrons. The van der Waals surface area contributed by atoms with Crippen molar-refractivity contribution in [3.63, 3.8) is 0 Å². The van der Waals surface area contributed by atoms with Gasteiger partial charge in [-0.25, -0.2) is 4.98 Å². The maximum atomic E-state index is 12.0. The molecule has 4 nitrogen and oxygen atoms in total. The Morgan fingerprint density at radius 1 is 1.30 bits per heavy atom. The first-order valence-corrected chi connectivity index (χ1v) is 6.64. The molecule has 2 N–H and O–H groups in total. The molecule has 0 radical (unpaired) electrons. The molecule has 1 amide bonds. The lowest BCUT2D eigenvalue weighted by molar-refractivity contribution is 0.0977. The molecule has 6 heteroatoms. The van der Waals surface area contributed by atoms with Crippen molar-refractivity contribution in [1.29, 1.82) is 0 Å². The fraction of sp³-hybridized carbons (Fsp3) is 0.0714. The number of benzene rings is 1. The van der Waals surface area contributed by atoms with Crippen LogP contribution in [-0.2, 0) is 0 Å². The minimum absolute atomic E-state index is 0.173. The molecule has 1 aromatic heterocycles. The third kappa shape index (κ3) is 3.76. The molecule has 0 unspecified atom stereocenters. The topological polar surface area (TPSA) is 54.0 Å². The van der Waals surface area contributed by atoms with Crippen LogP contribution in [-0.4, -0.2) is 16.0 Å². The monoisotopic (exact) mass is 305 g/mol. The van der Waals surface area contributed by atoms with Crippen LogP contribution in [0.3, 0.4) is 0 Å². The number of amides is 1. The number of carbonyl (C=O) groups is 1. The summed E-state index contributed by atoms with van der Waals surface area (Å²) >= 11 is 11.0. The fourth-order valence-corrected chi connectivity index (χ4v) is 1.96. The number of halogens is 1. The van der Waals surface area contributed by atoms with Gasteiger partial charge < -0.3 is 5.32 Å². The highest BCUT2D eigenvalue weighted by Gasteiger charge is 2.09. The molecular formula is C14H12ClN3OS. The molecule has 0 fully saturated rings. The number of hydrogen-bond donors (Lipinski definition) is 2. The van der Waals surface area contributed by atoms with E-state index in [1.54, 1.807) is 30.5 Å². The smallest absolute Gasteiger partial charge is 0.257 e. The van der Waals surface area contributed by atoms with Crippen LogP contribution in [0.15, 0.2) is 42.6 Å². The highest BCUT2D eigenvalue weighted by molar-refractivity contribution is 7.80. The number of aryl methyl sites for hydroxylation is 1. The maximum Gasteiger partial charge on any atom is 0.257 e. The van der Waals surface area contributed by atoms with Crippen LogP contribution < -0.4 is 10.6 Å². The Bertz CT molecular complexity index is 660. The molecule has 0 saturated heterocycles. The van der Waals surface area contributed by atoms with Gasteiger partial charge in [0.2, 0.25) is 0 Å². The van der Waals surface area contributed by atoms with Gasteiger partial charge in [0.25, 0.3) is 5.91 Å². The van der Waals surface area contributed by atoms with Crippen molar-refractivity contribution in [3.05, 3.63) is 58.9 Å². The number of aromatic nitrogens is 1. The predicted octanol–water partition coefficient (Wildman–Crippen LogP) is 3.17. The predicted molar refractivity (Wildman–Crippen MR) is 84.1 cm³/mol. The average Bonchev–Trinajstić information content (AvgIpc) is 2.41. The van der Waals surface area contributed by atoms with Gasteiger partial charge in [0, 0.05) is 11.8 Å². The zero-order valence-corrected chi connectivity index (χ0v) is 12.3. The van der Waals surface area contributed by atoms with Gasteiger partial charge in [-0.3, -0.25) is 10.1 Å². The molecule has 1 heterocycles. The van der Waals surface area contributed by atoms with Gasteiger partial charge >= 0.3 is 0 Å². The Morgan fingerprint density at radius 2 is 2.10 bits per heavy atom. The second-order valence-corrected chi connectivity index (χ2v) is 4.89. The molecule has 2 rings (SSSR count). The number of hydrogen-bond acceptors (Lipinski definition) is 3. The van der Waals surface area contributed by atoms with Crippen LogP contribution in [0.4, 0.5) is 5.69 Å². The standard InChI is InChI=1S/C14H12ClN3OS/c1-9-4-2-5-10(8-9)13(19)18-14(20)17-11-6-3-7-16-12(11)15/h2-8H,1H3,(H2,17,18,19,20). The summed E-state index contributed by atoms with van der Waals surface area (Å²) < 4.78 is 0. The summed E-state index contributed by atoms with van der Waals surface area (Å²) in [6.45, 7) is 1.92. The Kier molecular flexibility index (Phi) is 4.65. The molecule has 0 atom stereocenters. The zero-order valence-electron chi connectivity index (χ0n) is 10.7. The Labute approximate surface area is 127 Å². The summed E-state index contributed by atoms with van der Waals surface area (Å²) in [6, 6.07) is 10.7. The molecule has 0 bridgehead atoms. The number of anilines is 1. The second-order valence-electron chi connectivity index (χ2n) is 4.12. The van der Waals surface area contributed by atoms with Crippen molar-refractivity contribution in [2.45, 2.75) is 6.92 Å². The van der Waals surface area contributed by atoms with Crippen LogP contribution in [0.5, 0.6) is 0 Å². The van der Waals surface area contributed by atoms with Gasteiger partial charge in [0.15, 0.2) is 10.3 Å². The number of rotatable bonds is 2. The lowest BCUT2D eigenvalue weighted by Crippen LogP contribution is -2.34. The van der Waals surface area contributed by atoms with Crippen LogP contribution >= 0.6 is 23.8 Å². The van der Waals surface area contributed by atoms with Crippen LogP contribution in [0.2, 0.25) is 5.15 Å². The summed E-state index contributed by atoms with van der Waals surface area (Å²) in [5, 5.41) is 5.89. The molecule has 0 aliphatic carbocycles. The van der Waals surface area contributed by atoms with Crippen LogP contribution in [0.1, 0.15) is 15.9 Å². The van der Waals surface area contributed by atoms with E-state index < -0.39 is 0 Å². The Balaban J connectivity index is 2.02. The van der Waals surface area contributed by atoms with Gasteiger partial charge in [-0.15, -0.1) is 0 Å². The SMILES string of the molecule is Cc1cccc(C(=O)NC(=S)Nc2cccnc2Cl)c1. The van der Waals surface area contributed by atoms with E-state index in [2.05, 4.69) is 15.6 Å². The lowest BCUT2D eigenvalue weighted by atomic mass is 10.1. The van der Waals surface area contributed by atoms with E-state index in [-0.39, 0.29) is 11.0 Å². The molecule has 1 aromatic carbocycles. The van der Waals surface area contributed by atoms with Gasteiger partial charge in [0.1, 0.15) is 0 Å². The summed E-state index contributed by atoms with van der Waals surface area (Å²) in [7, 11) is 0. The summed E-state index contributed by atoms with van der Waals surface area (Å²) in [5.41, 5.74) is 2.10. The van der Waals surface area contributed by atoms with Crippen molar-refractivity contribution < 1.29 is 4.79 Å². The van der Waals surface area contributed by atoms with E-state index in [0.29, 0.717) is 16.4 Å². The maximum absolute atomic E-state index is 12.0. The van der Waals surface area contributed by atoms with E-state index >= 15 is 0 Å². The number of nitrogens with zero attached hydrogens (tertiary/aromatic N) is 1. The largest absolute Gasteiger partial charge is 0.330 e. The van der Waals surface area contributed by atoms with Crippen LogP contribution in [0.25, 0.3) is 0 Å². The highest BCUT2D eigenvalue weighted by atomic mass is 35.5. The van der Waals surface area contributed by atoms with E-state index in [4.69, 9.17) is 23.8 Å². The van der Waals surface area contributed by atoms with Crippen molar-refractivity contribution in [2.24, 2.45) is 0 Å². The number of pyridine rings is 1. The summed E-state index contributed by atoms with van der Waals surface area (Å²) in [5.74, 6) is -0.272. The molecule has 0 spiro atoms. The quantitative estimate of drug-likeness (QED) is 0.661. The number of carbonyl (C=O) groups excluding carboxylic acids is 1. The van der Waals surface area contributed by atoms with Gasteiger partial charge in [-0.05, 0) is 43.4 Å². The van der Waals surface area contributed by atoms with Crippen molar-refractivity contribution in [1.82, 2.24) is 10.3 Å². The minimum Gasteiger partial charge on any atom is -0.330 e. The number of thiocarbonyl (C=S) groups is 1. The second kappa shape index (κ2) is 6.45. The minimum atomic E-state index is -0.272. The highest BCUT2D eigenvalue weighted by Crippen LogP contribution is 2.17. The number of nitrogens with one attached hydrogen (secondary N) is 2. The van der Waals surface area contributed by atoms with E-state index in [1.165, 1.54) is 0 Å². The van der Waals surface area contributed by atoms with Gasteiger partial charge in [-0.1, -0.05) is 29.3 Å². The van der Waals surface area contributed by atoms with Gasteiger partial charge in [0.05, 0.1) is 5.69 Å². The lowest BCUT2D eigenvalue weighted by Gasteiger charge is -2.10. The Hall–Kier alpha value is -1.98. The zero-order chi connectivity index (χ0) is 14.5. The van der Waals surface area contributed by atoms with Crippen molar-refractivity contribution >= 4 is 40.5 Å². The molecular weight excluding hydrogens is 294 g/mol. The molecule has 0 saturated carbocycles. The summed E-state index contributed by atoms with van der Waals surface area (Å²) in [4.78, 5) is 15.9. The first-order valence-electron chi connectivity index (χ1n) is 5.86. The molecule has 20 heavy (non-hydrogen) atoms. The van der Waals surface area contributed by atoms with E-state index in [0.717, 1.165) is 5.56 Å². The normalized spacial score (nSPS) is 9.90. The van der Waals surface area contributed by atoms with Crippen molar-refractivity contribution in [2.75, 3.05) is 5.32 Å². The van der Waals surface area contributed by atoms with Crippen molar-refractivity contribution in [3.8, 4) is 0 Å². The third-order valence-corrected chi connectivity index (χ3v) is 3.02. The molecule has 0 aliphatic heterocycles. The molecule has 2 aromatic rings. The Morgan fingerprint density at radius 3 is 2.80 bits per heavy atom. The van der Waals surface area contributed by atoms with E-state index in [9.17, 15) is 4.79 Å². The first-order chi connectivity index (χ1) is 9.56.